The molecule has 1 aliphatic carbocycles. The Bertz CT molecular complexity index is 392. The molecular formula is C13H17Cl2N. The Hall–Kier alpha value is -0.240. The van der Waals surface area contributed by atoms with Crippen LogP contribution in [0.1, 0.15) is 25.8 Å². The van der Waals surface area contributed by atoms with E-state index in [2.05, 4.69) is 25.2 Å². The van der Waals surface area contributed by atoms with Crippen molar-refractivity contribution in [1.29, 1.82) is 0 Å². The topological polar surface area (TPSA) is 12.0 Å². The molecule has 0 amide bonds. The zero-order valence-electron chi connectivity index (χ0n) is 9.69. The summed E-state index contributed by atoms with van der Waals surface area (Å²) in [7, 11) is 0. The summed E-state index contributed by atoms with van der Waals surface area (Å²) < 4.78 is 0. The minimum atomic E-state index is 0.212. The molecule has 1 nitrogen and oxygen atoms in total. The Morgan fingerprint density at radius 2 is 2.19 bits per heavy atom. The molecule has 0 aromatic heterocycles. The third kappa shape index (κ3) is 2.09. The number of halogens is 2. The minimum Gasteiger partial charge on any atom is -0.317 e. The maximum atomic E-state index is 6.26. The van der Waals surface area contributed by atoms with Gasteiger partial charge in [0.2, 0.25) is 0 Å². The molecule has 1 aromatic rings. The Morgan fingerprint density at radius 1 is 1.44 bits per heavy atom. The summed E-state index contributed by atoms with van der Waals surface area (Å²) in [6.07, 6.45) is 1.19. The van der Waals surface area contributed by atoms with E-state index in [0.29, 0.717) is 10.9 Å². The average Bonchev–Trinajstić information content (AvgIpc) is 2.92. The highest BCUT2D eigenvalue weighted by Crippen LogP contribution is 2.56. The van der Waals surface area contributed by atoms with Gasteiger partial charge in [-0.3, -0.25) is 0 Å². The molecule has 1 N–H and O–H groups in total. The number of benzene rings is 1. The van der Waals surface area contributed by atoms with Gasteiger partial charge in [-0.05, 0) is 42.5 Å². The van der Waals surface area contributed by atoms with Crippen molar-refractivity contribution < 1.29 is 0 Å². The van der Waals surface area contributed by atoms with E-state index >= 15 is 0 Å². The minimum absolute atomic E-state index is 0.212. The van der Waals surface area contributed by atoms with Crippen molar-refractivity contribution in [3.8, 4) is 0 Å². The monoisotopic (exact) mass is 257 g/mol. The van der Waals surface area contributed by atoms with Crippen molar-refractivity contribution in [3.05, 3.63) is 33.8 Å². The molecule has 0 aliphatic heterocycles. The molecule has 1 saturated carbocycles. The first-order chi connectivity index (χ1) is 7.59. The summed E-state index contributed by atoms with van der Waals surface area (Å²) in [5.74, 6) is 0.684. The zero-order valence-corrected chi connectivity index (χ0v) is 11.2. The van der Waals surface area contributed by atoms with Crippen LogP contribution < -0.4 is 5.32 Å². The third-order valence-corrected chi connectivity index (χ3v) is 4.44. The summed E-state index contributed by atoms with van der Waals surface area (Å²) >= 11 is 12.3. The first kappa shape index (κ1) is 12.2. The summed E-state index contributed by atoms with van der Waals surface area (Å²) in [6, 6.07) is 5.93. The average molecular weight is 258 g/mol. The molecular weight excluding hydrogens is 241 g/mol. The first-order valence-electron chi connectivity index (χ1n) is 5.74. The lowest BCUT2D eigenvalue weighted by Crippen LogP contribution is -2.19. The van der Waals surface area contributed by atoms with Crippen molar-refractivity contribution in [2.24, 2.45) is 5.92 Å². The smallest absolute Gasteiger partial charge is 0.0629 e. The summed E-state index contributed by atoms with van der Waals surface area (Å²) in [5.41, 5.74) is 1.41. The van der Waals surface area contributed by atoms with Crippen LogP contribution in [-0.2, 0) is 5.41 Å². The van der Waals surface area contributed by atoms with Gasteiger partial charge in [-0.25, -0.2) is 0 Å². The van der Waals surface area contributed by atoms with Crippen molar-refractivity contribution in [2.75, 3.05) is 13.1 Å². The van der Waals surface area contributed by atoms with Crippen LogP contribution in [0, 0.1) is 5.92 Å². The molecule has 3 heteroatoms. The molecule has 1 aromatic carbocycles. The van der Waals surface area contributed by atoms with Crippen molar-refractivity contribution in [1.82, 2.24) is 5.32 Å². The van der Waals surface area contributed by atoms with E-state index in [1.54, 1.807) is 0 Å². The van der Waals surface area contributed by atoms with Gasteiger partial charge in [0.1, 0.15) is 0 Å². The molecule has 0 bridgehead atoms. The van der Waals surface area contributed by atoms with Crippen LogP contribution in [0.2, 0.25) is 10.0 Å². The Balaban J connectivity index is 2.17. The van der Waals surface area contributed by atoms with Crippen LogP contribution in [0.4, 0.5) is 0 Å². The van der Waals surface area contributed by atoms with Gasteiger partial charge in [0.05, 0.1) is 10.0 Å². The van der Waals surface area contributed by atoms with Gasteiger partial charge in [0.15, 0.2) is 0 Å². The van der Waals surface area contributed by atoms with Gasteiger partial charge in [-0.15, -0.1) is 0 Å². The van der Waals surface area contributed by atoms with E-state index in [-0.39, 0.29) is 5.41 Å². The zero-order chi connectivity index (χ0) is 11.8. The van der Waals surface area contributed by atoms with Crippen LogP contribution >= 0.6 is 23.2 Å². The molecule has 1 aliphatic rings. The lowest BCUT2D eigenvalue weighted by atomic mass is 9.95. The fourth-order valence-electron chi connectivity index (χ4n) is 2.34. The molecule has 2 atom stereocenters. The highest BCUT2D eigenvalue weighted by atomic mass is 35.5. The summed E-state index contributed by atoms with van der Waals surface area (Å²) in [4.78, 5) is 0. The number of nitrogens with one attached hydrogen (secondary N) is 1. The molecule has 88 valence electrons. The van der Waals surface area contributed by atoms with Gasteiger partial charge in [0, 0.05) is 0 Å². The molecule has 0 radical (unpaired) electrons. The standard InChI is InChI=1S/C13H17Cl2N/c1-3-16-8-9-7-13(9,2)10-5-4-6-11(14)12(10)15/h4-6,9,16H,3,7-8H2,1-2H3. The van der Waals surface area contributed by atoms with Crippen molar-refractivity contribution in [3.63, 3.8) is 0 Å². The molecule has 1 fully saturated rings. The molecule has 0 spiro atoms. The van der Waals surface area contributed by atoms with Crippen LogP contribution in [0.3, 0.4) is 0 Å². The van der Waals surface area contributed by atoms with E-state index in [9.17, 15) is 0 Å². The van der Waals surface area contributed by atoms with E-state index < -0.39 is 0 Å². The van der Waals surface area contributed by atoms with Crippen molar-refractivity contribution in [2.45, 2.75) is 25.7 Å². The van der Waals surface area contributed by atoms with E-state index in [4.69, 9.17) is 23.2 Å². The lowest BCUT2D eigenvalue weighted by Gasteiger charge is -2.14. The lowest BCUT2D eigenvalue weighted by molar-refractivity contribution is 0.592. The molecule has 16 heavy (non-hydrogen) atoms. The fourth-order valence-corrected chi connectivity index (χ4v) is 2.86. The van der Waals surface area contributed by atoms with Crippen LogP contribution in [0.25, 0.3) is 0 Å². The van der Waals surface area contributed by atoms with E-state index in [1.807, 2.05) is 12.1 Å². The molecule has 2 rings (SSSR count). The first-order valence-corrected chi connectivity index (χ1v) is 6.50. The highest BCUT2D eigenvalue weighted by Gasteiger charge is 2.51. The highest BCUT2D eigenvalue weighted by molar-refractivity contribution is 6.42. The Labute approximate surface area is 107 Å². The fraction of sp³-hybridized carbons (Fsp3) is 0.538. The largest absolute Gasteiger partial charge is 0.317 e. The molecule has 2 unspecified atom stereocenters. The Kier molecular flexibility index (Phi) is 3.48. The number of hydrogen-bond acceptors (Lipinski definition) is 1. The quantitative estimate of drug-likeness (QED) is 0.864. The number of hydrogen-bond donors (Lipinski definition) is 1. The van der Waals surface area contributed by atoms with Crippen LogP contribution in [0.15, 0.2) is 18.2 Å². The van der Waals surface area contributed by atoms with Crippen molar-refractivity contribution >= 4 is 23.2 Å². The Morgan fingerprint density at radius 3 is 2.88 bits per heavy atom. The summed E-state index contributed by atoms with van der Waals surface area (Å²) in [5, 5.41) is 4.78. The van der Waals surface area contributed by atoms with E-state index in [1.165, 1.54) is 12.0 Å². The second-order valence-electron chi connectivity index (χ2n) is 4.73. The SMILES string of the molecule is CCNCC1CC1(C)c1cccc(Cl)c1Cl. The number of rotatable bonds is 4. The normalized spacial score (nSPS) is 28.1. The van der Waals surface area contributed by atoms with Gasteiger partial charge in [0.25, 0.3) is 0 Å². The summed E-state index contributed by atoms with van der Waals surface area (Å²) in [6.45, 7) is 6.49. The second-order valence-corrected chi connectivity index (χ2v) is 5.51. The second kappa shape index (κ2) is 4.56. The van der Waals surface area contributed by atoms with Gasteiger partial charge >= 0.3 is 0 Å². The molecule has 0 saturated heterocycles. The predicted molar refractivity (Wildman–Crippen MR) is 70.5 cm³/mol. The maximum Gasteiger partial charge on any atom is 0.0629 e. The van der Waals surface area contributed by atoms with Gasteiger partial charge in [-0.1, -0.05) is 49.2 Å². The maximum absolute atomic E-state index is 6.26. The third-order valence-electron chi connectivity index (χ3n) is 3.62. The molecule has 0 heterocycles. The predicted octanol–water partition coefficient (Wildman–Crippen LogP) is 3.88. The van der Waals surface area contributed by atoms with E-state index in [0.717, 1.165) is 18.1 Å². The van der Waals surface area contributed by atoms with Crippen LogP contribution in [-0.4, -0.2) is 13.1 Å². The van der Waals surface area contributed by atoms with Gasteiger partial charge in [-0.2, -0.15) is 0 Å². The van der Waals surface area contributed by atoms with Crippen LogP contribution in [0.5, 0.6) is 0 Å². The van der Waals surface area contributed by atoms with Gasteiger partial charge < -0.3 is 5.32 Å².